The van der Waals surface area contributed by atoms with Gasteiger partial charge in [0.05, 0.1) is 10.8 Å². The average Bonchev–Trinajstić information content (AvgIpc) is 3.34. The van der Waals surface area contributed by atoms with E-state index in [1.807, 2.05) is 26.0 Å². The van der Waals surface area contributed by atoms with Crippen molar-refractivity contribution in [2.45, 2.75) is 51.3 Å². The summed E-state index contributed by atoms with van der Waals surface area (Å²) in [5, 5.41) is 13.0. The first-order valence-electron chi connectivity index (χ1n) is 11.5. The molecule has 0 bridgehead atoms. The van der Waals surface area contributed by atoms with Gasteiger partial charge in [-0.15, -0.1) is 11.3 Å². The van der Waals surface area contributed by atoms with Crippen LogP contribution in [-0.4, -0.2) is 33.1 Å². The van der Waals surface area contributed by atoms with Gasteiger partial charge in [0.1, 0.15) is 16.3 Å². The molecule has 7 nitrogen and oxygen atoms in total. The molecule has 1 aliphatic carbocycles. The molecule has 1 saturated carbocycles. The fraction of sp³-hybridized carbons (Fsp3) is 0.440. The first-order valence-corrected chi connectivity index (χ1v) is 12.3. The summed E-state index contributed by atoms with van der Waals surface area (Å²) in [5.41, 5.74) is 0.639. The molecule has 192 valence electrons. The second-order valence-electron chi connectivity index (χ2n) is 9.20. The van der Waals surface area contributed by atoms with Crippen LogP contribution < -0.4 is 5.32 Å². The van der Waals surface area contributed by atoms with E-state index >= 15 is 0 Å². The van der Waals surface area contributed by atoms with Gasteiger partial charge in [-0.05, 0) is 74.8 Å². The molecule has 1 atom stereocenters. The normalized spacial score (nSPS) is 20.1. The van der Waals surface area contributed by atoms with Crippen molar-refractivity contribution >= 4 is 28.9 Å². The Balaban J connectivity index is 1.57. The van der Waals surface area contributed by atoms with Crippen molar-refractivity contribution in [3.05, 3.63) is 52.9 Å². The first kappa shape index (κ1) is 26.0. The first-order chi connectivity index (χ1) is 17.0. The van der Waals surface area contributed by atoms with Crippen molar-refractivity contribution in [2.24, 2.45) is 11.8 Å². The van der Waals surface area contributed by atoms with E-state index in [0.29, 0.717) is 18.5 Å². The number of hydrogen-bond donors (Lipinski definition) is 2. The Hall–Kier alpha value is -3.05. The van der Waals surface area contributed by atoms with Gasteiger partial charge in [0, 0.05) is 25.2 Å². The Morgan fingerprint density at radius 3 is 2.53 bits per heavy atom. The summed E-state index contributed by atoms with van der Waals surface area (Å²) < 4.78 is 45.0. The zero-order valence-electron chi connectivity index (χ0n) is 20.1. The maximum atomic E-state index is 13.0. The lowest BCUT2D eigenvalue weighted by molar-refractivity contribution is -0.144. The number of alkyl halides is 3. The molecule has 0 spiro atoms. The van der Waals surface area contributed by atoms with Crippen LogP contribution in [0.3, 0.4) is 0 Å². The van der Waals surface area contributed by atoms with Gasteiger partial charge >= 0.3 is 12.1 Å². The number of nitrogens with one attached hydrogen (secondary N) is 1. The minimum atomic E-state index is -4.56. The quantitative estimate of drug-likeness (QED) is 0.371. The maximum absolute atomic E-state index is 13.0. The molecule has 0 saturated heterocycles. The molecule has 1 unspecified atom stereocenters. The van der Waals surface area contributed by atoms with E-state index in [2.05, 4.69) is 20.3 Å². The third-order valence-electron chi connectivity index (χ3n) is 6.77. The van der Waals surface area contributed by atoms with Crippen molar-refractivity contribution in [1.82, 2.24) is 15.0 Å². The van der Waals surface area contributed by atoms with E-state index in [1.54, 1.807) is 19.4 Å². The molecule has 1 aromatic carbocycles. The minimum absolute atomic E-state index is 0.143. The predicted octanol–water partition coefficient (Wildman–Crippen LogP) is 6.42. The van der Waals surface area contributed by atoms with E-state index in [-0.39, 0.29) is 17.8 Å². The van der Waals surface area contributed by atoms with Crippen molar-refractivity contribution in [2.75, 3.05) is 12.4 Å². The van der Waals surface area contributed by atoms with Crippen LogP contribution in [0.25, 0.3) is 10.4 Å². The number of nitrogens with zero attached hydrogens (tertiary/aromatic N) is 3. The molecule has 3 aromatic rings. The number of aliphatic carboxylic acids is 1. The Bertz CT molecular complexity index is 1240. The minimum Gasteiger partial charge on any atom is -0.481 e. The van der Waals surface area contributed by atoms with Gasteiger partial charge in [-0.3, -0.25) is 4.79 Å². The van der Waals surface area contributed by atoms with Crippen LogP contribution in [0.15, 0.2) is 36.7 Å². The fourth-order valence-electron chi connectivity index (χ4n) is 4.66. The number of carboxylic acid groups (broad SMARTS) is 1. The summed E-state index contributed by atoms with van der Waals surface area (Å²) in [6, 6.07) is 6.41. The molecule has 0 amide bonds. The summed E-state index contributed by atoms with van der Waals surface area (Å²) in [4.78, 5) is 24.4. The number of benzene rings is 1. The lowest BCUT2D eigenvalue weighted by Gasteiger charge is -2.38. The zero-order chi connectivity index (χ0) is 26.1. The highest BCUT2D eigenvalue weighted by atomic mass is 32.1. The number of thiazole rings is 1. The van der Waals surface area contributed by atoms with E-state index < -0.39 is 23.4 Å². The highest BCUT2D eigenvalue weighted by Crippen LogP contribution is 2.45. The maximum Gasteiger partial charge on any atom is 0.433 e. The molecule has 0 aliphatic heterocycles. The standard InChI is InChI=1S/C25H27F3N4O3S/c1-14-10-16(12-18(11-14)31-23-29-9-8-20(32-23)25(26,27)28)19-13-30-22(36-19)24(2,35-3)17-6-4-15(5-7-17)21(33)34/h8-13,15,17H,4-7H2,1-3H3,(H,33,34)(H,29,31,32). The summed E-state index contributed by atoms with van der Waals surface area (Å²) in [5.74, 6) is -1.06. The molecular weight excluding hydrogens is 493 g/mol. The van der Waals surface area contributed by atoms with E-state index in [4.69, 9.17) is 4.74 Å². The number of anilines is 2. The van der Waals surface area contributed by atoms with Crippen molar-refractivity contribution in [1.29, 1.82) is 0 Å². The van der Waals surface area contributed by atoms with Crippen LogP contribution in [0.4, 0.5) is 24.8 Å². The van der Waals surface area contributed by atoms with Gasteiger partial charge < -0.3 is 15.2 Å². The van der Waals surface area contributed by atoms with Gasteiger partial charge in [-0.2, -0.15) is 13.2 Å². The molecule has 36 heavy (non-hydrogen) atoms. The molecule has 2 aromatic heterocycles. The lowest BCUT2D eigenvalue weighted by Crippen LogP contribution is -2.37. The fourth-order valence-corrected chi connectivity index (χ4v) is 5.77. The van der Waals surface area contributed by atoms with Crippen LogP contribution in [0.5, 0.6) is 0 Å². The largest absolute Gasteiger partial charge is 0.481 e. The molecule has 1 fully saturated rings. The second-order valence-corrected chi connectivity index (χ2v) is 10.2. The third-order valence-corrected chi connectivity index (χ3v) is 8.04. The number of aromatic nitrogens is 3. The topological polar surface area (TPSA) is 97.2 Å². The molecule has 0 radical (unpaired) electrons. The van der Waals surface area contributed by atoms with E-state index in [0.717, 1.165) is 46.1 Å². The van der Waals surface area contributed by atoms with E-state index in [1.165, 1.54) is 11.3 Å². The highest BCUT2D eigenvalue weighted by Gasteiger charge is 2.42. The summed E-state index contributed by atoms with van der Waals surface area (Å²) in [6.07, 6.45) is 0.983. The molecule has 1 aliphatic rings. The second kappa shape index (κ2) is 10.1. The smallest absolute Gasteiger partial charge is 0.433 e. The lowest BCUT2D eigenvalue weighted by atomic mass is 9.74. The molecule has 2 heterocycles. The van der Waals surface area contributed by atoms with Crippen molar-refractivity contribution in [3.63, 3.8) is 0 Å². The number of methoxy groups -OCH3 is 1. The molecule has 4 rings (SSSR count). The van der Waals surface area contributed by atoms with Crippen molar-refractivity contribution < 1.29 is 27.8 Å². The van der Waals surface area contributed by atoms with Crippen molar-refractivity contribution in [3.8, 4) is 10.4 Å². The number of halogens is 3. The van der Waals surface area contributed by atoms with E-state index in [9.17, 15) is 23.1 Å². The molecule has 11 heteroatoms. The number of carboxylic acids is 1. The monoisotopic (exact) mass is 520 g/mol. The van der Waals surface area contributed by atoms with Crippen LogP contribution in [0.2, 0.25) is 0 Å². The zero-order valence-corrected chi connectivity index (χ0v) is 20.9. The van der Waals surface area contributed by atoms with Gasteiger partial charge in [0.2, 0.25) is 5.95 Å². The Morgan fingerprint density at radius 1 is 1.17 bits per heavy atom. The number of aryl methyl sites for hydroxylation is 1. The van der Waals surface area contributed by atoms with Crippen LogP contribution >= 0.6 is 11.3 Å². The van der Waals surface area contributed by atoms with Gasteiger partial charge in [-0.25, -0.2) is 15.0 Å². The number of hydrogen-bond acceptors (Lipinski definition) is 7. The third kappa shape index (κ3) is 5.52. The van der Waals surface area contributed by atoms with Gasteiger partial charge in [0.25, 0.3) is 0 Å². The van der Waals surface area contributed by atoms with Crippen LogP contribution in [0, 0.1) is 18.8 Å². The van der Waals surface area contributed by atoms with Gasteiger partial charge in [0.15, 0.2) is 0 Å². The molecular formula is C25H27F3N4O3S. The Kier molecular flexibility index (Phi) is 7.33. The Labute approximate surface area is 210 Å². The predicted molar refractivity (Wildman–Crippen MR) is 130 cm³/mol. The summed E-state index contributed by atoms with van der Waals surface area (Å²) >= 11 is 1.49. The number of rotatable bonds is 7. The number of carbonyl (C=O) groups is 1. The van der Waals surface area contributed by atoms with Gasteiger partial charge in [-0.1, -0.05) is 6.07 Å². The molecule has 2 N–H and O–H groups in total. The Morgan fingerprint density at radius 2 is 1.89 bits per heavy atom. The highest BCUT2D eigenvalue weighted by molar-refractivity contribution is 7.15. The summed E-state index contributed by atoms with van der Waals surface area (Å²) in [7, 11) is 1.65. The SMILES string of the molecule is COC(C)(c1ncc(-c2cc(C)cc(Nc3nccc(C(F)(F)F)n3)c2)s1)C1CCC(C(=O)O)CC1. The summed E-state index contributed by atoms with van der Waals surface area (Å²) in [6.45, 7) is 3.89. The number of ether oxygens (including phenoxy) is 1. The average molecular weight is 521 g/mol. The van der Waals surface area contributed by atoms with Crippen LogP contribution in [0.1, 0.15) is 48.9 Å². The van der Waals surface area contributed by atoms with Crippen LogP contribution in [-0.2, 0) is 21.3 Å².